The van der Waals surface area contributed by atoms with Crippen LogP contribution in [0.2, 0.25) is 0 Å². The van der Waals surface area contributed by atoms with Gasteiger partial charge in [-0.2, -0.15) is 0 Å². The lowest BCUT2D eigenvalue weighted by molar-refractivity contribution is 0.0389. The normalized spacial score (nSPS) is 22.1. The summed E-state index contributed by atoms with van der Waals surface area (Å²) in [7, 11) is 1.85. The molecular formula is C21H35N5O. The van der Waals surface area contributed by atoms with Crippen LogP contribution in [0.15, 0.2) is 35.3 Å². The monoisotopic (exact) mass is 373 g/mol. The Kier molecular flexibility index (Phi) is 8.39. The van der Waals surface area contributed by atoms with E-state index < -0.39 is 0 Å². The fourth-order valence-corrected chi connectivity index (χ4v) is 3.83. The molecule has 6 heteroatoms. The summed E-state index contributed by atoms with van der Waals surface area (Å²) >= 11 is 0. The fraction of sp³-hybridized carbons (Fsp3) is 0.667. The van der Waals surface area contributed by atoms with Crippen molar-refractivity contribution in [1.29, 1.82) is 0 Å². The molecule has 0 bridgehead atoms. The quantitative estimate of drug-likeness (QED) is 0.527. The van der Waals surface area contributed by atoms with Crippen LogP contribution in [0.4, 0.5) is 0 Å². The van der Waals surface area contributed by atoms with E-state index in [1.54, 1.807) is 0 Å². The standard InChI is InChI=1S/C21H35N5O/c1-22-21(23-9-12-25-13-15-27-16-14-25)24-17-20-8-11-26(18-20)10-7-19-5-3-2-4-6-19/h2-6,20H,7-18H2,1H3,(H2,22,23,24). The van der Waals surface area contributed by atoms with Crippen LogP contribution < -0.4 is 10.6 Å². The van der Waals surface area contributed by atoms with Crippen molar-refractivity contribution in [2.75, 3.05) is 72.6 Å². The number of aliphatic imine (C=N–C) groups is 1. The summed E-state index contributed by atoms with van der Waals surface area (Å²) in [6.07, 6.45) is 2.41. The summed E-state index contributed by atoms with van der Waals surface area (Å²) in [5, 5.41) is 6.95. The van der Waals surface area contributed by atoms with Crippen molar-refractivity contribution in [2.45, 2.75) is 12.8 Å². The number of ether oxygens (including phenoxy) is 1. The molecule has 1 atom stereocenters. The zero-order valence-corrected chi connectivity index (χ0v) is 16.7. The Labute approximate surface area is 164 Å². The topological polar surface area (TPSA) is 52.1 Å². The maximum Gasteiger partial charge on any atom is 0.191 e. The molecule has 0 amide bonds. The lowest BCUT2D eigenvalue weighted by Crippen LogP contribution is -2.45. The molecule has 0 saturated carbocycles. The van der Waals surface area contributed by atoms with Crippen molar-refractivity contribution < 1.29 is 4.74 Å². The second-order valence-corrected chi connectivity index (χ2v) is 7.52. The fourth-order valence-electron chi connectivity index (χ4n) is 3.83. The van der Waals surface area contributed by atoms with Gasteiger partial charge in [-0.25, -0.2) is 0 Å². The van der Waals surface area contributed by atoms with E-state index in [0.717, 1.165) is 64.9 Å². The highest BCUT2D eigenvalue weighted by atomic mass is 16.5. The highest BCUT2D eigenvalue weighted by molar-refractivity contribution is 5.79. The Bertz CT molecular complexity index is 559. The van der Waals surface area contributed by atoms with E-state index in [1.807, 2.05) is 7.05 Å². The SMILES string of the molecule is CN=C(NCCN1CCOCC1)NCC1CCN(CCc2ccccc2)C1. The van der Waals surface area contributed by atoms with Crippen LogP contribution in [0.5, 0.6) is 0 Å². The average Bonchev–Trinajstić information content (AvgIpc) is 3.18. The number of rotatable bonds is 8. The van der Waals surface area contributed by atoms with Crippen molar-refractivity contribution in [3.05, 3.63) is 35.9 Å². The highest BCUT2D eigenvalue weighted by Gasteiger charge is 2.22. The molecule has 2 heterocycles. The third-order valence-electron chi connectivity index (χ3n) is 5.54. The van der Waals surface area contributed by atoms with E-state index in [4.69, 9.17) is 4.74 Å². The molecule has 0 radical (unpaired) electrons. The third-order valence-corrected chi connectivity index (χ3v) is 5.54. The summed E-state index contributed by atoms with van der Waals surface area (Å²) < 4.78 is 5.39. The first kappa shape index (κ1) is 20.1. The largest absolute Gasteiger partial charge is 0.379 e. The van der Waals surface area contributed by atoms with Gasteiger partial charge in [0.25, 0.3) is 0 Å². The molecule has 3 rings (SSSR count). The zero-order valence-electron chi connectivity index (χ0n) is 16.7. The maximum atomic E-state index is 5.39. The second kappa shape index (κ2) is 11.3. The smallest absolute Gasteiger partial charge is 0.191 e. The molecule has 1 unspecified atom stereocenters. The number of morpholine rings is 1. The molecule has 6 nitrogen and oxygen atoms in total. The number of hydrogen-bond donors (Lipinski definition) is 2. The first-order valence-electron chi connectivity index (χ1n) is 10.3. The summed E-state index contributed by atoms with van der Waals surface area (Å²) in [6, 6.07) is 10.8. The summed E-state index contributed by atoms with van der Waals surface area (Å²) in [6.45, 7) is 10.3. The van der Waals surface area contributed by atoms with Gasteiger partial charge < -0.3 is 20.3 Å². The minimum absolute atomic E-state index is 0.707. The van der Waals surface area contributed by atoms with Crippen LogP contribution in [0.25, 0.3) is 0 Å². The minimum Gasteiger partial charge on any atom is -0.379 e. The van der Waals surface area contributed by atoms with Crippen LogP contribution in [0.3, 0.4) is 0 Å². The Hall–Kier alpha value is -1.63. The van der Waals surface area contributed by atoms with E-state index in [9.17, 15) is 0 Å². The number of hydrogen-bond acceptors (Lipinski definition) is 4. The van der Waals surface area contributed by atoms with Crippen LogP contribution >= 0.6 is 0 Å². The lowest BCUT2D eigenvalue weighted by Gasteiger charge is -2.26. The van der Waals surface area contributed by atoms with Gasteiger partial charge in [0.05, 0.1) is 13.2 Å². The van der Waals surface area contributed by atoms with Crippen LogP contribution in [-0.2, 0) is 11.2 Å². The predicted molar refractivity (Wildman–Crippen MR) is 111 cm³/mol. The number of benzene rings is 1. The van der Waals surface area contributed by atoms with E-state index in [0.29, 0.717) is 5.92 Å². The number of guanidine groups is 1. The van der Waals surface area contributed by atoms with Crippen molar-refractivity contribution in [3.8, 4) is 0 Å². The van der Waals surface area contributed by atoms with Gasteiger partial charge in [0.1, 0.15) is 0 Å². The van der Waals surface area contributed by atoms with E-state index in [-0.39, 0.29) is 0 Å². The average molecular weight is 374 g/mol. The summed E-state index contributed by atoms with van der Waals surface area (Å²) in [4.78, 5) is 9.39. The molecular weight excluding hydrogens is 338 g/mol. The van der Waals surface area contributed by atoms with Crippen LogP contribution in [0.1, 0.15) is 12.0 Å². The summed E-state index contributed by atoms with van der Waals surface area (Å²) in [5.74, 6) is 1.63. The van der Waals surface area contributed by atoms with Gasteiger partial charge in [-0.1, -0.05) is 30.3 Å². The molecule has 0 spiro atoms. The van der Waals surface area contributed by atoms with Gasteiger partial charge in [-0.05, 0) is 30.9 Å². The predicted octanol–water partition coefficient (Wildman–Crippen LogP) is 1.05. The van der Waals surface area contributed by atoms with Crippen LogP contribution in [0, 0.1) is 5.92 Å². The van der Waals surface area contributed by atoms with E-state index >= 15 is 0 Å². The van der Waals surface area contributed by atoms with Gasteiger partial charge in [-0.15, -0.1) is 0 Å². The highest BCUT2D eigenvalue weighted by Crippen LogP contribution is 2.15. The van der Waals surface area contributed by atoms with Crippen molar-refractivity contribution in [2.24, 2.45) is 10.9 Å². The Morgan fingerprint density at radius 1 is 1.07 bits per heavy atom. The van der Waals surface area contributed by atoms with Gasteiger partial charge in [0.15, 0.2) is 5.96 Å². The number of nitrogens with one attached hydrogen (secondary N) is 2. The Balaban J connectivity index is 1.28. The first-order valence-corrected chi connectivity index (χ1v) is 10.3. The number of nitrogens with zero attached hydrogens (tertiary/aromatic N) is 3. The maximum absolute atomic E-state index is 5.39. The van der Waals surface area contributed by atoms with Gasteiger partial charge in [-0.3, -0.25) is 9.89 Å². The van der Waals surface area contributed by atoms with Crippen molar-refractivity contribution in [1.82, 2.24) is 20.4 Å². The minimum atomic E-state index is 0.707. The second-order valence-electron chi connectivity index (χ2n) is 7.52. The van der Waals surface area contributed by atoms with Crippen molar-refractivity contribution >= 4 is 5.96 Å². The molecule has 0 aromatic heterocycles. The van der Waals surface area contributed by atoms with Crippen LogP contribution in [-0.4, -0.2) is 88.4 Å². The molecule has 1 aromatic rings. The first-order chi connectivity index (χ1) is 13.3. The number of likely N-dealkylation sites (tertiary alicyclic amines) is 1. The summed E-state index contributed by atoms with van der Waals surface area (Å²) in [5.41, 5.74) is 1.43. The molecule has 150 valence electrons. The lowest BCUT2D eigenvalue weighted by atomic mass is 10.1. The molecule has 2 saturated heterocycles. The molecule has 2 N–H and O–H groups in total. The Morgan fingerprint density at radius 3 is 2.67 bits per heavy atom. The third kappa shape index (κ3) is 7.13. The molecule has 2 fully saturated rings. The molecule has 27 heavy (non-hydrogen) atoms. The van der Waals surface area contributed by atoms with Crippen molar-refractivity contribution in [3.63, 3.8) is 0 Å². The zero-order chi connectivity index (χ0) is 18.7. The molecule has 2 aliphatic rings. The molecule has 0 aliphatic carbocycles. The molecule has 1 aromatic carbocycles. The van der Waals surface area contributed by atoms with Gasteiger partial charge >= 0.3 is 0 Å². The van der Waals surface area contributed by atoms with Gasteiger partial charge in [0.2, 0.25) is 0 Å². The Morgan fingerprint density at radius 2 is 1.89 bits per heavy atom. The van der Waals surface area contributed by atoms with E-state index in [1.165, 1.54) is 25.1 Å². The van der Waals surface area contributed by atoms with Gasteiger partial charge in [0, 0.05) is 52.9 Å². The molecule has 2 aliphatic heterocycles. The van der Waals surface area contributed by atoms with E-state index in [2.05, 4.69) is 55.8 Å².